The number of alkyl halides is 5. The summed E-state index contributed by atoms with van der Waals surface area (Å²) in [7, 11) is -2.35. The van der Waals surface area contributed by atoms with E-state index in [1.165, 1.54) is 37.8 Å². The van der Waals surface area contributed by atoms with Gasteiger partial charge < -0.3 is 10.4 Å². The van der Waals surface area contributed by atoms with Crippen molar-refractivity contribution in [2.24, 2.45) is 13.0 Å². The average molecular weight is 897 g/mol. The monoisotopic (exact) mass is 896 g/mol. The number of hydrogen-bond donors (Lipinski definition) is 3. The van der Waals surface area contributed by atoms with Crippen LogP contribution >= 0.6 is 22.9 Å². The van der Waals surface area contributed by atoms with Crippen molar-refractivity contribution in [1.29, 1.82) is 0 Å². The molecule has 1 fully saturated rings. The van der Waals surface area contributed by atoms with Crippen molar-refractivity contribution in [2.75, 3.05) is 11.0 Å². The van der Waals surface area contributed by atoms with Crippen LogP contribution in [-0.4, -0.2) is 55.2 Å². The van der Waals surface area contributed by atoms with E-state index in [-0.39, 0.29) is 50.7 Å². The number of carbonyl (C=O) groups is 1. The number of thiazole rings is 1. The lowest BCUT2D eigenvalue weighted by molar-refractivity contribution is -0.142. The first-order valence-corrected chi connectivity index (χ1v) is 21.1. The number of nitrogens with one attached hydrogen (secondary N) is 2. The number of nitrogens with zero attached hydrogens (tertiary/aromatic N) is 6. The topological polar surface area (TPSA) is 157 Å². The van der Waals surface area contributed by atoms with Gasteiger partial charge in [0.1, 0.15) is 34.5 Å². The molecule has 8 rings (SSSR count). The molecule has 0 spiro atoms. The molecule has 3 atom stereocenters. The minimum atomic E-state index is -5.09. The molecule has 3 N–H and O–H groups in total. The van der Waals surface area contributed by atoms with Gasteiger partial charge in [-0.25, -0.2) is 27.2 Å². The molecule has 6 aromatic rings. The zero-order chi connectivity index (χ0) is 43.4. The lowest BCUT2D eigenvalue weighted by atomic mass is 9.93. The number of amides is 1. The number of pyridine rings is 1. The highest BCUT2D eigenvalue weighted by molar-refractivity contribution is 7.92. The third-order valence-corrected chi connectivity index (χ3v) is 12.4. The Hall–Kier alpha value is -5.12. The Kier molecular flexibility index (Phi) is 9.87. The number of aromatic nitrogens is 6. The smallest absolute Gasteiger partial charge is 0.383 e. The fourth-order valence-corrected chi connectivity index (χ4v) is 9.40. The fourth-order valence-electron chi connectivity index (χ4n) is 7.77. The highest BCUT2D eigenvalue weighted by Gasteiger charge is 2.68. The van der Waals surface area contributed by atoms with Gasteiger partial charge in [-0.2, -0.15) is 32.1 Å². The highest BCUT2D eigenvalue weighted by atomic mass is 35.5. The van der Waals surface area contributed by atoms with Gasteiger partial charge in [0.2, 0.25) is 15.9 Å². The van der Waals surface area contributed by atoms with Crippen LogP contribution < -0.4 is 10.0 Å². The molecule has 60 heavy (non-hydrogen) atoms. The van der Waals surface area contributed by atoms with Gasteiger partial charge >= 0.3 is 6.18 Å². The average Bonchev–Trinajstić information content (AvgIpc) is 3.36. The predicted molar refractivity (Wildman–Crippen MR) is 207 cm³/mol. The molecule has 2 aromatic carbocycles. The first kappa shape index (κ1) is 41.6. The van der Waals surface area contributed by atoms with Crippen LogP contribution in [0.2, 0.25) is 5.02 Å². The maximum absolute atomic E-state index is 15.5. The largest absolute Gasteiger partial charge is 0.435 e. The van der Waals surface area contributed by atoms with Crippen molar-refractivity contribution in [3.05, 3.63) is 98.5 Å². The molecule has 0 radical (unpaired) electrons. The number of hydrogen-bond acceptors (Lipinski definition) is 9. The minimum absolute atomic E-state index is 0.00504. The highest BCUT2D eigenvalue weighted by Crippen LogP contribution is 2.68. The summed E-state index contributed by atoms with van der Waals surface area (Å²) in [5, 5.41) is 21.7. The van der Waals surface area contributed by atoms with Gasteiger partial charge in [0.15, 0.2) is 11.5 Å². The van der Waals surface area contributed by atoms with Crippen LogP contribution in [0.1, 0.15) is 65.4 Å². The second kappa shape index (κ2) is 14.2. The Morgan fingerprint density at radius 1 is 1.08 bits per heavy atom. The number of anilines is 1. The van der Waals surface area contributed by atoms with Gasteiger partial charge in [-0.3, -0.25) is 18.9 Å². The number of benzene rings is 2. The van der Waals surface area contributed by atoms with Crippen LogP contribution in [-0.2, 0) is 52.5 Å². The van der Waals surface area contributed by atoms with Crippen LogP contribution in [0.4, 0.5) is 36.6 Å². The van der Waals surface area contributed by atoms with Crippen LogP contribution in [0, 0.1) is 17.6 Å². The number of aliphatic hydroxyl groups is 1. The van der Waals surface area contributed by atoms with Crippen molar-refractivity contribution in [2.45, 2.75) is 62.9 Å². The fraction of sp³-hybridized carbons (Fsp3) is 0.342. The van der Waals surface area contributed by atoms with Crippen molar-refractivity contribution < 1.29 is 49.1 Å². The van der Waals surface area contributed by atoms with Gasteiger partial charge in [0, 0.05) is 41.9 Å². The van der Waals surface area contributed by atoms with E-state index in [1.807, 2.05) is 0 Å². The Bertz CT molecular complexity index is 2830. The normalized spacial score (nSPS) is 17.8. The van der Waals surface area contributed by atoms with Crippen molar-refractivity contribution in [3.63, 3.8) is 0 Å². The molecular formula is C38H32ClF7N8O4S2. The zero-order valence-electron chi connectivity index (χ0n) is 31.7. The van der Waals surface area contributed by atoms with Gasteiger partial charge in [-0.05, 0) is 62.4 Å². The summed E-state index contributed by atoms with van der Waals surface area (Å²) in [6, 6.07) is 7.44. The Morgan fingerprint density at radius 2 is 1.77 bits per heavy atom. The molecule has 4 aromatic heterocycles. The molecule has 1 unspecified atom stereocenters. The lowest BCUT2D eigenvalue weighted by Crippen LogP contribution is -2.35. The number of rotatable bonds is 11. The van der Waals surface area contributed by atoms with Gasteiger partial charge in [-0.1, -0.05) is 23.7 Å². The van der Waals surface area contributed by atoms with E-state index in [0.717, 1.165) is 29.7 Å². The summed E-state index contributed by atoms with van der Waals surface area (Å²) >= 11 is 7.70. The van der Waals surface area contributed by atoms with Crippen LogP contribution in [0.3, 0.4) is 0 Å². The number of sulfonamides is 1. The first-order chi connectivity index (χ1) is 27.9. The number of halogens is 8. The third-order valence-electron chi connectivity index (χ3n) is 10.2. The van der Waals surface area contributed by atoms with Crippen molar-refractivity contribution >= 4 is 55.6 Å². The molecule has 1 saturated carbocycles. The quantitative estimate of drug-likeness (QED) is 0.111. The minimum Gasteiger partial charge on any atom is -0.383 e. The van der Waals surface area contributed by atoms with E-state index < -0.39 is 93.1 Å². The maximum Gasteiger partial charge on any atom is 0.435 e. The van der Waals surface area contributed by atoms with Gasteiger partial charge in [-0.15, -0.1) is 11.3 Å². The lowest BCUT2D eigenvalue weighted by Gasteiger charge is -2.23. The van der Waals surface area contributed by atoms with E-state index in [2.05, 4.69) is 25.2 Å². The Balaban J connectivity index is 1.30. The maximum atomic E-state index is 15.5. The number of aryl methyl sites for hydroxylation is 1. The van der Waals surface area contributed by atoms with E-state index in [9.17, 15) is 40.3 Å². The van der Waals surface area contributed by atoms with E-state index >= 15 is 8.78 Å². The van der Waals surface area contributed by atoms with Gasteiger partial charge in [0.25, 0.3) is 5.92 Å². The van der Waals surface area contributed by atoms with Crippen LogP contribution in [0.15, 0.2) is 48.7 Å². The first-order valence-electron chi connectivity index (χ1n) is 18.0. The predicted octanol–water partition coefficient (Wildman–Crippen LogP) is 7.81. The standard InChI is InChI=1S/C38H32ClF7N8O4S2/c1-36(2,56)35-47-14-26(59-35)24-8-6-19(20-5-7-23(39)29-31(20)53(3)51-34(29)52-60(4,57)58)30(49-24)25(11-16-9-17(40)12-18(41)10-16)48-27(55)15-54-33-28(32(50-54)38(44,45)46)21-13-22(21)37(33,42)43/h5-10,12,14,21-22,25,56H,11,13,15H2,1-4H3,(H,48,55)(H,51,52)/t21-,22?,25-/m0/s1. The van der Waals surface area contributed by atoms with Gasteiger partial charge in [0.05, 0.1) is 44.5 Å². The summed E-state index contributed by atoms with van der Waals surface area (Å²) in [5.74, 6) is -9.24. The van der Waals surface area contributed by atoms with E-state index in [1.54, 1.807) is 18.2 Å². The molecule has 2 aliphatic rings. The molecule has 1 amide bonds. The summed E-state index contributed by atoms with van der Waals surface area (Å²) < 4.78 is 131. The Morgan fingerprint density at radius 3 is 2.40 bits per heavy atom. The second-order valence-corrected chi connectivity index (χ2v) is 18.5. The third kappa shape index (κ3) is 7.60. The zero-order valence-corrected chi connectivity index (χ0v) is 34.1. The molecular weight excluding hydrogens is 865 g/mol. The molecule has 0 saturated heterocycles. The molecule has 22 heteroatoms. The molecule has 2 aliphatic carbocycles. The second-order valence-electron chi connectivity index (χ2n) is 15.3. The molecule has 316 valence electrons. The molecule has 12 nitrogen and oxygen atoms in total. The molecule has 0 aliphatic heterocycles. The SMILES string of the molecule is Cn1nc(NS(C)(=O)=O)c2c(Cl)ccc(-c3ccc(-c4cnc(C(C)(C)O)s4)nc3[C@H](Cc3cc(F)cc(F)c3)NC(=O)Cn3nc(C(F)(F)F)c4c3C(F)(F)C3C[C@H]43)c21. The molecule has 0 bridgehead atoms. The Labute approximate surface area is 345 Å². The van der Waals surface area contributed by atoms with E-state index in [4.69, 9.17) is 16.6 Å². The number of carbonyl (C=O) groups excluding carboxylic acids is 1. The van der Waals surface area contributed by atoms with Crippen molar-refractivity contribution in [1.82, 2.24) is 34.8 Å². The van der Waals surface area contributed by atoms with E-state index in [0.29, 0.717) is 26.2 Å². The van der Waals surface area contributed by atoms with Crippen LogP contribution in [0.25, 0.3) is 32.6 Å². The van der Waals surface area contributed by atoms with Crippen molar-refractivity contribution in [3.8, 4) is 21.7 Å². The number of fused-ring (bicyclic) bond motifs is 4. The van der Waals surface area contributed by atoms with Crippen LogP contribution in [0.5, 0.6) is 0 Å². The summed E-state index contributed by atoms with van der Waals surface area (Å²) in [5.41, 5.74) is -3.37. The summed E-state index contributed by atoms with van der Waals surface area (Å²) in [6.07, 6.45) is -3.27. The summed E-state index contributed by atoms with van der Waals surface area (Å²) in [6.45, 7) is 1.96. The summed E-state index contributed by atoms with van der Waals surface area (Å²) in [4.78, 5) is 23.7. The molecule has 4 heterocycles.